The third kappa shape index (κ3) is 4.34. The third-order valence-corrected chi connectivity index (χ3v) is 1.99. The van der Waals surface area contributed by atoms with Gasteiger partial charge in [0.15, 0.2) is 0 Å². The van der Waals surface area contributed by atoms with Crippen molar-refractivity contribution in [2.24, 2.45) is 5.41 Å². The Bertz CT molecular complexity index is 153. The lowest BCUT2D eigenvalue weighted by Crippen LogP contribution is -2.25. The van der Waals surface area contributed by atoms with Crippen molar-refractivity contribution in [1.82, 2.24) is 4.90 Å². The highest BCUT2D eigenvalue weighted by atomic mass is 16.4. The number of carboxylic acids is 1. The molecule has 0 bridgehead atoms. The second-order valence-electron chi connectivity index (χ2n) is 4.10. The quantitative estimate of drug-likeness (QED) is 0.684. The van der Waals surface area contributed by atoms with Gasteiger partial charge in [-0.2, -0.15) is 0 Å². The molecule has 0 saturated carbocycles. The van der Waals surface area contributed by atoms with E-state index in [0.717, 1.165) is 19.4 Å². The van der Waals surface area contributed by atoms with Crippen molar-refractivity contribution in [2.75, 3.05) is 20.6 Å². The highest BCUT2D eigenvalue weighted by Gasteiger charge is 2.25. The number of hydrogen-bond donors (Lipinski definition) is 1. The SMILES string of the molecule is CN(C)CCCC(C)(C)C(=O)O. The van der Waals surface area contributed by atoms with Crippen molar-refractivity contribution in [3.63, 3.8) is 0 Å². The highest BCUT2D eigenvalue weighted by Crippen LogP contribution is 2.22. The Kier molecular flexibility index (Phi) is 4.24. The summed E-state index contributed by atoms with van der Waals surface area (Å²) < 4.78 is 0. The average molecular weight is 173 g/mol. The Hall–Kier alpha value is -0.570. The highest BCUT2D eigenvalue weighted by molar-refractivity contribution is 5.73. The number of carboxylic acid groups (broad SMARTS) is 1. The molecule has 0 spiro atoms. The van der Waals surface area contributed by atoms with E-state index in [4.69, 9.17) is 5.11 Å². The number of carbonyl (C=O) groups is 1. The first kappa shape index (κ1) is 11.4. The van der Waals surface area contributed by atoms with Gasteiger partial charge < -0.3 is 10.0 Å². The van der Waals surface area contributed by atoms with Gasteiger partial charge in [0.1, 0.15) is 0 Å². The first-order valence-electron chi connectivity index (χ1n) is 4.24. The topological polar surface area (TPSA) is 40.5 Å². The molecule has 1 N–H and O–H groups in total. The molecule has 3 heteroatoms. The van der Waals surface area contributed by atoms with Gasteiger partial charge in [0.05, 0.1) is 5.41 Å². The van der Waals surface area contributed by atoms with Crippen molar-refractivity contribution in [2.45, 2.75) is 26.7 Å². The fourth-order valence-electron chi connectivity index (χ4n) is 0.944. The molecule has 0 aromatic heterocycles. The van der Waals surface area contributed by atoms with E-state index in [1.165, 1.54) is 0 Å². The van der Waals surface area contributed by atoms with E-state index < -0.39 is 11.4 Å². The van der Waals surface area contributed by atoms with Crippen LogP contribution in [0.4, 0.5) is 0 Å². The Morgan fingerprint density at radius 3 is 2.25 bits per heavy atom. The van der Waals surface area contributed by atoms with Crippen LogP contribution in [0, 0.1) is 5.41 Å². The summed E-state index contributed by atoms with van der Waals surface area (Å²) in [6.07, 6.45) is 1.67. The van der Waals surface area contributed by atoms with Crippen LogP contribution in [0.25, 0.3) is 0 Å². The smallest absolute Gasteiger partial charge is 0.309 e. The molecule has 0 fully saturated rings. The maximum atomic E-state index is 10.7. The zero-order valence-electron chi connectivity index (χ0n) is 8.42. The largest absolute Gasteiger partial charge is 0.481 e. The van der Waals surface area contributed by atoms with Gasteiger partial charge in [-0.1, -0.05) is 0 Å². The Labute approximate surface area is 74.4 Å². The molecule has 0 rings (SSSR count). The first-order valence-corrected chi connectivity index (χ1v) is 4.24. The summed E-state index contributed by atoms with van der Waals surface area (Å²) in [6, 6.07) is 0. The molecule has 0 amide bonds. The third-order valence-electron chi connectivity index (χ3n) is 1.99. The van der Waals surface area contributed by atoms with E-state index in [2.05, 4.69) is 4.90 Å². The number of nitrogens with zero attached hydrogens (tertiary/aromatic N) is 1. The van der Waals surface area contributed by atoms with Crippen molar-refractivity contribution >= 4 is 5.97 Å². The molecule has 0 saturated heterocycles. The van der Waals surface area contributed by atoms with Crippen LogP contribution in [-0.2, 0) is 4.79 Å². The molecule has 0 unspecified atom stereocenters. The maximum absolute atomic E-state index is 10.7. The molecule has 0 atom stereocenters. The zero-order chi connectivity index (χ0) is 9.78. The lowest BCUT2D eigenvalue weighted by atomic mass is 9.88. The molecule has 0 aliphatic heterocycles. The zero-order valence-corrected chi connectivity index (χ0v) is 8.42. The minimum atomic E-state index is -0.707. The predicted octanol–water partition coefficient (Wildman–Crippen LogP) is 1.44. The van der Waals surface area contributed by atoms with Crippen LogP contribution in [0.1, 0.15) is 26.7 Å². The van der Waals surface area contributed by atoms with Gasteiger partial charge in [-0.25, -0.2) is 0 Å². The fraction of sp³-hybridized carbons (Fsp3) is 0.889. The number of aliphatic carboxylic acids is 1. The van der Waals surface area contributed by atoms with Gasteiger partial charge in [0.25, 0.3) is 0 Å². The van der Waals surface area contributed by atoms with E-state index >= 15 is 0 Å². The molecular weight excluding hydrogens is 154 g/mol. The predicted molar refractivity (Wildman–Crippen MR) is 49.2 cm³/mol. The second kappa shape index (κ2) is 4.45. The lowest BCUT2D eigenvalue weighted by Gasteiger charge is -2.19. The summed E-state index contributed by atoms with van der Waals surface area (Å²) in [5.74, 6) is -0.707. The normalized spacial score (nSPS) is 12.1. The van der Waals surface area contributed by atoms with Gasteiger partial charge in [-0.15, -0.1) is 0 Å². The summed E-state index contributed by atoms with van der Waals surface area (Å²) in [4.78, 5) is 12.8. The molecular formula is C9H19NO2. The van der Waals surface area contributed by atoms with Crippen LogP contribution < -0.4 is 0 Å². The fourth-order valence-corrected chi connectivity index (χ4v) is 0.944. The summed E-state index contributed by atoms with van der Waals surface area (Å²) in [7, 11) is 3.99. The summed E-state index contributed by atoms with van der Waals surface area (Å²) in [6.45, 7) is 4.49. The Morgan fingerprint density at radius 1 is 1.42 bits per heavy atom. The standard InChI is InChI=1S/C9H19NO2/c1-9(2,8(11)12)6-5-7-10(3)4/h5-7H2,1-4H3,(H,11,12). The van der Waals surface area contributed by atoms with Gasteiger partial charge in [-0.3, -0.25) is 4.79 Å². The van der Waals surface area contributed by atoms with Crippen LogP contribution in [0.2, 0.25) is 0 Å². The van der Waals surface area contributed by atoms with Crippen molar-refractivity contribution in [1.29, 1.82) is 0 Å². The van der Waals surface area contributed by atoms with Crippen LogP contribution in [0.3, 0.4) is 0 Å². The van der Waals surface area contributed by atoms with E-state index in [-0.39, 0.29) is 0 Å². The van der Waals surface area contributed by atoms with Crippen LogP contribution in [0.5, 0.6) is 0 Å². The molecule has 72 valence electrons. The van der Waals surface area contributed by atoms with Crippen molar-refractivity contribution < 1.29 is 9.90 Å². The minimum Gasteiger partial charge on any atom is -0.481 e. The van der Waals surface area contributed by atoms with E-state index in [1.807, 2.05) is 14.1 Å². The molecule has 0 aliphatic rings. The molecule has 0 aliphatic carbocycles. The first-order chi connectivity index (χ1) is 5.36. The average Bonchev–Trinajstić information content (AvgIpc) is 1.85. The monoisotopic (exact) mass is 173 g/mol. The van der Waals surface area contributed by atoms with Gasteiger partial charge >= 0.3 is 5.97 Å². The Morgan fingerprint density at radius 2 is 1.92 bits per heavy atom. The van der Waals surface area contributed by atoms with E-state index in [1.54, 1.807) is 13.8 Å². The van der Waals surface area contributed by atoms with Crippen molar-refractivity contribution in [3.05, 3.63) is 0 Å². The van der Waals surface area contributed by atoms with Gasteiger partial charge in [-0.05, 0) is 47.3 Å². The van der Waals surface area contributed by atoms with Crippen LogP contribution in [0.15, 0.2) is 0 Å². The molecule has 3 nitrogen and oxygen atoms in total. The molecule has 0 radical (unpaired) electrons. The molecule has 0 heterocycles. The maximum Gasteiger partial charge on any atom is 0.309 e. The van der Waals surface area contributed by atoms with Gasteiger partial charge in [0.2, 0.25) is 0 Å². The van der Waals surface area contributed by atoms with Crippen LogP contribution >= 0.6 is 0 Å². The van der Waals surface area contributed by atoms with Crippen molar-refractivity contribution in [3.8, 4) is 0 Å². The molecule has 0 aromatic rings. The van der Waals surface area contributed by atoms with E-state index in [9.17, 15) is 4.79 Å². The summed E-state index contributed by atoms with van der Waals surface area (Å²) in [5.41, 5.74) is -0.573. The van der Waals surface area contributed by atoms with Gasteiger partial charge in [0, 0.05) is 0 Å². The molecule has 0 aromatic carbocycles. The summed E-state index contributed by atoms with van der Waals surface area (Å²) >= 11 is 0. The van der Waals surface area contributed by atoms with E-state index in [0.29, 0.717) is 0 Å². The van der Waals surface area contributed by atoms with Crippen LogP contribution in [-0.4, -0.2) is 36.6 Å². The Balaban J connectivity index is 3.69. The lowest BCUT2D eigenvalue weighted by molar-refractivity contribution is -0.147. The second-order valence-corrected chi connectivity index (χ2v) is 4.10. The summed E-state index contributed by atoms with van der Waals surface area (Å²) in [5, 5.41) is 8.79. The number of hydrogen-bond acceptors (Lipinski definition) is 2. The minimum absolute atomic E-state index is 0.573. The number of rotatable bonds is 5. The molecule has 12 heavy (non-hydrogen) atoms.